The zero-order chi connectivity index (χ0) is 10.3. The summed E-state index contributed by atoms with van der Waals surface area (Å²) in [4.78, 5) is 2.90. The van der Waals surface area contributed by atoms with Crippen LogP contribution in [-0.4, -0.2) is 0 Å². The summed E-state index contributed by atoms with van der Waals surface area (Å²) in [7, 11) is 0. The van der Waals surface area contributed by atoms with Crippen molar-refractivity contribution in [3.8, 4) is 0 Å². The van der Waals surface area contributed by atoms with Crippen molar-refractivity contribution in [2.75, 3.05) is 0 Å². The highest BCUT2D eigenvalue weighted by atomic mass is 32.1. The lowest BCUT2D eigenvalue weighted by molar-refractivity contribution is 1.23. The van der Waals surface area contributed by atoms with Crippen LogP contribution in [0, 0.1) is 6.92 Å². The van der Waals surface area contributed by atoms with Gasteiger partial charge in [-0.3, -0.25) is 0 Å². The first kappa shape index (κ1) is 8.93. The van der Waals surface area contributed by atoms with Gasteiger partial charge in [-0.05, 0) is 29.7 Å². The zero-order valence-electron chi connectivity index (χ0n) is 8.66. The summed E-state index contributed by atoms with van der Waals surface area (Å²) >= 11 is 1.92. The minimum atomic E-state index is 1.08. The predicted molar refractivity (Wildman–Crippen MR) is 67.2 cm³/mol. The standard InChI is InChI=1S/C14H12S/c1-10-8-13-7-6-11-4-2-3-5-12(11)9-14(13)15-10/h2-8H,9H2,1H3. The predicted octanol–water partition coefficient (Wildman–Crippen LogP) is 4.13. The van der Waals surface area contributed by atoms with Gasteiger partial charge in [-0.25, -0.2) is 0 Å². The van der Waals surface area contributed by atoms with Gasteiger partial charge in [0.2, 0.25) is 0 Å². The first-order valence-corrected chi connectivity index (χ1v) is 6.00. The number of hydrogen-bond acceptors (Lipinski definition) is 1. The number of fused-ring (bicyclic) bond motifs is 2. The third-order valence-electron chi connectivity index (χ3n) is 2.81. The fourth-order valence-electron chi connectivity index (χ4n) is 2.07. The summed E-state index contributed by atoms with van der Waals surface area (Å²) in [5, 5.41) is 0. The normalized spacial score (nSPS) is 13.1. The topological polar surface area (TPSA) is 0 Å². The molecule has 0 fully saturated rings. The quantitative estimate of drug-likeness (QED) is 0.525. The molecule has 0 saturated carbocycles. The van der Waals surface area contributed by atoms with Crippen LogP contribution in [0.15, 0.2) is 30.3 Å². The highest BCUT2D eigenvalue weighted by Crippen LogP contribution is 2.30. The van der Waals surface area contributed by atoms with Crippen LogP contribution in [0.4, 0.5) is 0 Å². The van der Waals surface area contributed by atoms with E-state index >= 15 is 0 Å². The Hall–Kier alpha value is -1.34. The van der Waals surface area contributed by atoms with Gasteiger partial charge in [0.15, 0.2) is 0 Å². The minimum Gasteiger partial charge on any atom is -0.145 e. The van der Waals surface area contributed by atoms with Crippen LogP contribution in [-0.2, 0) is 6.42 Å². The Morgan fingerprint density at radius 3 is 2.80 bits per heavy atom. The molecule has 0 spiro atoms. The number of rotatable bonds is 0. The number of thiophene rings is 1. The van der Waals surface area contributed by atoms with Crippen molar-refractivity contribution >= 4 is 23.5 Å². The Labute approximate surface area is 93.9 Å². The Kier molecular flexibility index (Phi) is 2.00. The van der Waals surface area contributed by atoms with E-state index < -0.39 is 0 Å². The molecule has 0 N–H and O–H groups in total. The first-order chi connectivity index (χ1) is 7.33. The number of hydrogen-bond donors (Lipinski definition) is 0. The average Bonchev–Trinajstić information content (AvgIpc) is 2.49. The Morgan fingerprint density at radius 1 is 1.07 bits per heavy atom. The second-order valence-electron chi connectivity index (χ2n) is 3.94. The lowest BCUT2D eigenvalue weighted by Gasteiger charge is -2.01. The van der Waals surface area contributed by atoms with Gasteiger partial charge in [0, 0.05) is 16.2 Å². The molecule has 0 unspecified atom stereocenters. The average molecular weight is 212 g/mol. The van der Waals surface area contributed by atoms with Crippen LogP contribution in [0.2, 0.25) is 0 Å². The van der Waals surface area contributed by atoms with Crippen molar-refractivity contribution in [1.29, 1.82) is 0 Å². The molecular formula is C14H12S. The molecule has 15 heavy (non-hydrogen) atoms. The van der Waals surface area contributed by atoms with Gasteiger partial charge < -0.3 is 0 Å². The van der Waals surface area contributed by atoms with Gasteiger partial charge >= 0.3 is 0 Å². The van der Waals surface area contributed by atoms with Crippen molar-refractivity contribution in [1.82, 2.24) is 0 Å². The monoisotopic (exact) mass is 212 g/mol. The fourth-order valence-corrected chi connectivity index (χ4v) is 3.12. The van der Waals surface area contributed by atoms with Crippen molar-refractivity contribution in [3.63, 3.8) is 0 Å². The van der Waals surface area contributed by atoms with Crippen LogP contribution < -0.4 is 0 Å². The molecule has 0 amide bonds. The van der Waals surface area contributed by atoms with Gasteiger partial charge in [-0.1, -0.05) is 36.4 Å². The molecule has 2 aromatic rings. The summed E-state index contributed by atoms with van der Waals surface area (Å²) in [6, 6.07) is 10.9. The van der Waals surface area contributed by atoms with Gasteiger partial charge in [0.1, 0.15) is 0 Å². The van der Waals surface area contributed by atoms with Crippen LogP contribution >= 0.6 is 11.3 Å². The van der Waals surface area contributed by atoms with E-state index in [0.29, 0.717) is 0 Å². The molecular weight excluding hydrogens is 200 g/mol. The van der Waals surface area contributed by atoms with Crippen LogP contribution in [0.3, 0.4) is 0 Å². The van der Waals surface area contributed by atoms with E-state index in [1.54, 1.807) is 0 Å². The molecule has 74 valence electrons. The molecule has 0 saturated heterocycles. The van der Waals surface area contributed by atoms with Crippen molar-refractivity contribution < 1.29 is 0 Å². The number of benzene rings is 1. The van der Waals surface area contributed by atoms with Crippen molar-refractivity contribution in [2.45, 2.75) is 13.3 Å². The maximum Gasteiger partial charge on any atom is 0.0164 e. The smallest absolute Gasteiger partial charge is 0.0164 e. The van der Waals surface area contributed by atoms with Gasteiger partial charge in [0.05, 0.1) is 0 Å². The van der Waals surface area contributed by atoms with E-state index in [4.69, 9.17) is 0 Å². The summed E-state index contributed by atoms with van der Waals surface area (Å²) in [5.74, 6) is 0. The molecule has 1 aliphatic carbocycles. The maximum absolute atomic E-state index is 2.28. The highest BCUT2D eigenvalue weighted by molar-refractivity contribution is 7.12. The largest absolute Gasteiger partial charge is 0.145 e. The van der Waals surface area contributed by atoms with Crippen LogP contribution in [0.1, 0.15) is 26.4 Å². The molecule has 0 bridgehead atoms. The second-order valence-corrected chi connectivity index (χ2v) is 5.29. The molecule has 0 aliphatic heterocycles. The Bertz CT molecular complexity index is 532. The summed E-state index contributed by atoms with van der Waals surface area (Å²) in [6.45, 7) is 2.18. The third-order valence-corrected chi connectivity index (χ3v) is 3.88. The molecule has 0 atom stereocenters. The molecule has 3 rings (SSSR count). The Balaban J connectivity index is 2.17. The summed E-state index contributed by atoms with van der Waals surface area (Å²) in [6.07, 6.45) is 5.55. The maximum atomic E-state index is 2.28. The molecule has 1 aromatic heterocycles. The second kappa shape index (κ2) is 3.35. The Morgan fingerprint density at radius 2 is 1.87 bits per heavy atom. The molecule has 1 aromatic carbocycles. The van der Waals surface area contributed by atoms with Gasteiger partial charge in [-0.15, -0.1) is 11.3 Å². The van der Waals surface area contributed by atoms with E-state index in [-0.39, 0.29) is 0 Å². The van der Waals surface area contributed by atoms with Crippen molar-refractivity contribution in [2.24, 2.45) is 0 Å². The minimum absolute atomic E-state index is 1.08. The first-order valence-electron chi connectivity index (χ1n) is 5.18. The van der Waals surface area contributed by atoms with Gasteiger partial charge in [0.25, 0.3) is 0 Å². The summed E-state index contributed by atoms with van der Waals surface area (Å²) < 4.78 is 0. The molecule has 0 radical (unpaired) electrons. The van der Waals surface area contributed by atoms with E-state index in [1.807, 2.05) is 11.3 Å². The molecule has 1 heteroatoms. The van der Waals surface area contributed by atoms with Crippen molar-refractivity contribution in [3.05, 3.63) is 56.8 Å². The van der Waals surface area contributed by atoms with E-state index in [0.717, 1.165) is 6.42 Å². The highest BCUT2D eigenvalue weighted by Gasteiger charge is 2.10. The fraction of sp³-hybridized carbons (Fsp3) is 0.143. The molecule has 0 nitrogen and oxygen atoms in total. The molecule has 1 aliphatic rings. The van der Waals surface area contributed by atoms with Gasteiger partial charge in [-0.2, -0.15) is 0 Å². The van der Waals surface area contributed by atoms with E-state index in [2.05, 4.69) is 49.4 Å². The van der Waals surface area contributed by atoms with E-state index in [1.165, 1.54) is 26.4 Å². The zero-order valence-corrected chi connectivity index (χ0v) is 9.47. The van der Waals surface area contributed by atoms with E-state index in [9.17, 15) is 0 Å². The van der Waals surface area contributed by atoms with Crippen LogP contribution in [0.25, 0.3) is 12.2 Å². The van der Waals surface area contributed by atoms with Crippen LogP contribution in [0.5, 0.6) is 0 Å². The lowest BCUT2D eigenvalue weighted by Crippen LogP contribution is -1.87. The summed E-state index contributed by atoms with van der Waals surface area (Å²) in [5.41, 5.74) is 4.20. The number of aryl methyl sites for hydroxylation is 1. The lowest BCUT2D eigenvalue weighted by atomic mass is 10.1. The third kappa shape index (κ3) is 1.53. The SMILES string of the molecule is Cc1cc2c(s1)Cc1ccccc1C=C2. The molecule has 1 heterocycles.